The molecule has 0 spiro atoms. The number of benzene rings is 1. The van der Waals surface area contributed by atoms with E-state index in [4.69, 9.17) is 0 Å². The van der Waals surface area contributed by atoms with Crippen LogP contribution in [-0.4, -0.2) is 18.0 Å². The summed E-state index contributed by atoms with van der Waals surface area (Å²) in [7, 11) is -4.46. The summed E-state index contributed by atoms with van der Waals surface area (Å²) >= 11 is 0. The van der Waals surface area contributed by atoms with E-state index in [0.29, 0.717) is 5.39 Å². The van der Waals surface area contributed by atoms with Gasteiger partial charge in [0.1, 0.15) is 10.1 Å². The second-order valence-corrected chi connectivity index (χ2v) is 4.58. The molecule has 16 heavy (non-hydrogen) atoms. The first-order valence-electron chi connectivity index (χ1n) is 4.30. The van der Waals surface area contributed by atoms with E-state index in [1.165, 1.54) is 12.3 Å². The fourth-order valence-electron chi connectivity index (χ4n) is 1.49. The first-order valence-corrected chi connectivity index (χ1v) is 5.71. The normalized spacial score (nSPS) is 11.1. The number of hydrogen-bond donors (Lipinski definition) is 0. The molecule has 0 saturated carbocycles. The van der Waals surface area contributed by atoms with Crippen LogP contribution in [0.2, 0.25) is 0 Å². The molecule has 4 nitrogen and oxygen atoms in total. The molecule has 0 N–H and O–H groups in total. The fourth-order valence-corrected chi connectivity index (χ4v) is 2.13. The van der Waals surface area contributed by atoms with E-state index in [1.54, 1.807) is 18.2 Å². The first kappa shape index (κ1) is 13.6. The van der Waals surface area contributed by atoms with E-state index in [-0.39, 0.29) is 40.0 Å². The first-order chi connectivity index (χ1) is 7.00. The Morgan fingerprint density at radius 1 is 1.25 bits per heavy atom. The summed E-state index contributed by atoms with van der Waals surface area (Å²) in [4.78, 5) is 3.67. The van der Waals surface area contributed by atoms with E-state index in [0.717, 1.165) is 5.56 Å². The number of rotatable bonds is 1. The minimum atomic E-state index is -4.46. The van der Waals surface area contributed by atoms with Crippen molar-refractivity contribution in [1.82, 2.24) is 4.98 Å². The zero-order valence-corrected chi connectivity index (χ0v) is 11.8. The molecule has 0 fully saturated rings. The van der Waals surface area contributed by atoms with Gasteiger partial charge in [0.05, 0.1) is 10.4 Å². The summed E-state index contributed by atoms with van der Waals surface area (Å²) in [5, 5.41) is 0.689. The van der Waals surface area contributed by atoms with Crippen LogP contribution in [0.5, 0.6) is 0 Å². The van der Waals surface area contributed by atoms with Gasteiger partial charge in [-0.2, -0.15) is 0 Å². The van der Waals surface area contributed by atoms with Crippen LogP contribution in [0.15, 0.2) is 35.4 Å². The van der Waals surface area contributed by atoms with Crippen molar-refractivity contribution >= 4 is 21.0 Å². The Kier molecular flexibility index (Phi) is 4.09. The summed E-state index contributed by atoms with van der Waals surface area (Å²) in [6, 6.07) is 6.35. The maximum atomic E-state index is 11.0. The van der Waals surface area contributed by atoms with Crippen molar-refractivity contribution in [3.8, 4) is 0 Å². The van der Waals surface area contributed by atoms with E-state index >= 15 is 0 Å². The van der Waals surface area contributed by atoms with Crippen molar-refractivity contribution in [2.45, 2.75) is 11.8 Å². The van der Waals surface area contributed by atoms with Crippen molar-refractivity contribution in [2.75, 3.05) is 0 Å². The van der Waals surface area contributed by atoms with Gasteiger partial charge in [0.2, 0.25) is 0 Å². The number of nitrogens with zero attached hydrogens (tertiary/aromatic N) is 1. The second-order valence-electron chi connectivity index (χ2n) is 3.23. The molecule has 1 heterocycles. The van der Waals surface area contributed by atoms with Crippen molar-refractivity contribution in [1.29, 1.82) is 0 Å². The molecule has 6 heteroatoms. The van der Waals surface area contributed by atoms with Crippen molar-refractivity contribution in [2.24, 2.45) is 0 Å². The molecular weight excluding hydrogens is 237 g/mol. The van der Waals surface area contributed by atoms with Gasteiger partial charge in [-0.15, -0.1) is 0 Å². The molecule has 0 radical (unpaired) electrons. The maximum absolute atomic E-state index is 11.0. The number of aryl methyl sites for hydroxylation is 1. The molecule has 0 saturated heterocycles. The van der Waals surface area contributed by atoms with Gasteiger partial charge in [-0.05, 0) is 24.6 Å². The minimum Gasteiger partial charge on any atom is -0.744 e. The van der Waals surface area contributed by atoms with Gasteiger partial charge in [-0.1, -0.05) is 12.1 Å². The van der Waals surface area contributed by atoms with Gasteiger partial charge in [-0.25, -0.2) is 8.42 Å². The van der Waals surface area contributed by atoms with Gasteiger partial charge in [0, 0.05) is 11.6 Å². The molecular formula is C10H8NNaO3S. The Bertz CT molecular complexity index is 625. The summed E-state index contributed by atoms with van der Waals surface area (Å²) < 4.78 is 32.9. The number of aromatic nitrogens is 1. The summed E-state index contributed by atoms with van der Waals surface area (Å²) in [5.41, 5.74) is 1.14. The third kappa shape index (κ3) is 2.44. The van der Waals surface area contributed by atoms with Crippen LogP contribution < -0.4 is 29.6 Å². The van der Waals surface area contributed by atoms with Crippen LogP contribution in [0.4, 0.5) is 0 Å². The molecule has 1 aromatic heterocycles. The van der Waals surface area contributed by atoms with Gasteiger partial charge in [0.25, 0.3) is 0 Å². The van der Waals surface area contributed by atoms with Gasteiger partial charge in [-0.3, -0.25) is 4.98 Å². The maximum Gasteiger partial charge on any atom is 1.00 e. The van der Waals surface area contributed by atoms with Crippen LogP contribution >= 0.6 is 0 Å². The second kappa shape index (κ2) is 4.81. The van der Waals surface area contributed by atoms with E-state index < -0.39 is 10.1 Å². The van der Waals surface area contributed by atoms with Gasteiger partial charge < -0.3 is 4.55 Å². The Balaban J connectivity index is 0.00000128. The Labute approximate surface area is 116 Å². The average molecular weight is 245 g/mol. The standard InChI is InChI=1S/C10H9NO3S.Na/c1-7-4-5-9(15(12,13)14)10-8(7)3-2-6-11-10;/h2-6H,1H3,(H,12,13,14);/q;+1/p-1. The Morgan fingerprint density at radius 2 is 1.94 bits per heavy atom. The van der Waals surface area contributed by atoms with Crippen molar-refractivity contribution in [3.05, 3.63) is 36.0 Å². The van der Waals surface area contributed by atoms with Crippen LogP contribution in [0, 0.1) is 6.92 Å². The third-order valence-corrected chi connectivity index (χ3v) is 3.09. The van der Waals surface area contributed by atoms with Crippen molar-refractivity contribution < 1.29 is 42.5 Å². The summed E-state index contributed by atoms with van der Waals surface area (Å²) in [6.07, 6.45) is 1.47. The summed E-state index contributed by atoms with van der Waals surface area (Å²) in [5.74, 6) is 0. The van der Waals surface area contributed by atoms with Crippen LogP contribution in [0.25, 0.3) is 10.9 Å². The predicted octanol–water partition coefficient (Wildman–Crippen LogP) is -1.55. The number of pyridine rings is 1. The topological polar surface area (TPSA) is 70.1 Å². The number of fused-ring (bicyclic) bond motifs is 1. The molecule has 0 unspecified atom stereocenters. The number of hydrogen-bond acceptors (Lipinski definition) is 4. The zero-order chi connectivity index (χ0) is 11.1. The third-order valence-electron chi connectivity index (χ3n) is 2.22. The molecule has 0 aliphatic heterocycles. The largest absolute Gasteiger partial charge is 1.00 e. The molecule has 78 valence electrons. The zero-order valence-electron chi connectivity index (χ0n) is 8.97. The monoisotopic (exact) mass is 245 g/mol. The molecule has 1 aromatic carbocycles. The smallest absolute Gasteiger partial charge is 0.744 e. The molecule has 0 aliphatic carbocycles. The quantitative estimate of drug-likeness (QED) is 0.450. The SMILES string of the molecule is Cc1ccc(S(=O)(=O)[O-])c2ncccc12.[Na+]. The van der Waals surface area contributed by atoms with Crippen molar-refractivity contribution in [3.63, 3.8) is 0 Å². The van der Waals surface area contributed by atoms with Crippen LogP contribution in [0.3, 0.4) is 0 Å². The van der Waals surface area contributed by atoms with E-state index in [2.05, 4.69) is 4.98 Å². The molecule has 2 aromatic rings. The molecule has 2 rings (SSSR count). The fraction of sp³-hybridized carbons (Fsp3) is 0.100. The molecule has 0 bridgehead atoms. The van der Waals surface area contributed by atoms with Crippen LogP contribution in [0.1, 0.15) is 5.56 Å². The molecule has 0 atom stereocenters. The predicted molar refractivity (Wildman–Crippen MR) is 54.4 cm³/mol. The van der Waals surface area contributed by atoms with E-state index in [9.17, 15) is 13.0 Å². The average Bonchev–Trinajstić information content (AvgIpc) is 2.17. The minimum absolute atomic E-state index is 0. The van der Waals surface area contributed by atoms with E-state index in [1.807, 2.05) is 6.92 Å². The molecule has 0 amide bonds. The van der Waals surface area contributed by atoms with Gasteiger partial charge in [0.15, 0.2) is 0 Å². The Morgan fingerprint density at radius 3 is 2.56 bits per heavy atom. The Hall–Kier alpha value is -0.460. The summed E-state index contributed by atoms with van der Waals surface area (Å²) in [6.45, 7) is 1.84. The molecule has 0 aliphatic rings. The van der Waals surface area contributed by atoms with Crippen LogP contribution in [-0.2, 0) is 10.1 Å². The van der Waals surface area contributed by atoms with Gasteiger partial charge >= 0.3 is 29.6 Å².